The van der Waals surface area contributed by atoms with E-state index < -0.39 is 0 Å². The van der Waals surface area contributed by atoms with Crippen molar-refractivity contribution in [2.75, 3.05) is 18.5 Å². The van der Waals surface area contributed by atoms with E-state index in [9.17, 15) is 0 Å². The quantitative estimate of drug-likeness (QED) is 0.911. The van der Waals surface area contributed by atoms with Gasteiger partial charge in [-0.3, -0.25) is 0 Å². The highest BCUT2D eigenvalue weighted by Gasteiger charge is 2.14. The van der Waals surface area contributed by atoms with Crippen molar-refractivity contribution in [1.29, 1.82) is 0 Å². The maximum atomic E-state index is 4.63. The number of hydrogen-bond acceptors (Lipinski definition) is 4. The SMILES string of the molecule is Cc1nc(N(C)c2ccc3c(c2)CNCC3)sc1C. The standard InChI is InChI=1S/C15H19N3S/c1-10-11(2)19-15(17-10)18(3)14-5-4-12-6-7-16-9-13(12)8-14/h4-5,8,16H,6-7,9H2,1-3H3. The van der Waals surface area contributed by atoms with Crippen LogP contribution in [-0.2, 0) is 13.0 Å². The fourth-order valence-electron chi connectivity index (χ4n) is 2.39. The first-order chi connectivity index (χ1) is 9.15. The highest BCUT2D eigenvalue weighted by Crippen LogP contribution is 2.31. The molecule has 4 heteroatoms. The highest BCUT2D eigenvalue weighted by molar-refractivity contribution is 7.15. The van der Waals surface area contributed by atoms with Crippen LogP contribution in [0.1, 0.15) is 21.7 Å². The molecule has 0 unspecified atom stereocenters. The Morgan fingerprint density at radius 2 is 2.11 bits per heavy atom. The average molecular weight is 273 g/mol. The maximum absolute atomic E-state index is 4.63. The van der Waals surface area contributed by atoms with E-state index in [1.165, 1.54) is 21.7 Å². The number of nitrogens with zero attached hydrogens (tertiary/aromatic N) is 2. The van der Waals surface area contributed by atoms with Crippen LogP contribution >= 0.6 is 11.3 Å². The second kappa shape index (κ2) is 4.94. The van der Waals surface area contributed by atoms with Gasteiger partial charge in [0.2, 0.25) is 0 Å². The lowest BCUT2D eigenvalue weighted by Gasteiger charge is -2.21. The van der Waals surface area contributed by atoms with E-state index in [4.69, 9.17) is 0 Å². The van der Waals surface area contributed by atoms with Gasteiger partial charge in [-0.1, -0.05) is 6.07 Å². The lowest BCUT2D eigenvalue weighted by Crippen LogP contribution is -2.24. The van der Waals surface area contributed by atoms with Gasteiger partial charge in [-0.15, -0.1) is 11.3 Å². The van der Waals surface area contributed by atoms with E-state index in [1.807, 2.05) is 0 Å². The monoisotopic (exact) mass is 273 g/mol. The van der Waals surface area contributed by atoms with Crippen molar-refractivity contribution in [2.45, 2.75) is 26.8 Å². The summed E-state index contributed by atoms with van der Waals surface area (Å²) in [4.78, 5) is 8.10. The van der Waals surface area contributed by atoms with Gasteiger partial charge in [0.05, 0.1) is 5.69 Å². The van der Waals surface area contributed by atoms with Crippen LogP contribution in [0.15, 0.2) is 18.2 Å². The van der Waals surface area contributed by atoms with Crippen LogP contribution in [0.25, 0.3) is 0 Å². The molecule has 1 aliphatic heterocycles. The van der Waals surface area contributed by atoms with Crippen LogP contribution in [0.2, 0.25) is 0 Å². The topological polar surface area (TPSA) is 28.2 Å². The van der Waals surface area contributed by atoms with Gasteiger partial charge in [-0.05, 0) is 50.1 Å². The number of benzene rings is 1. The average Bonchev–Trinajstić information content (AvgIpc) is 2.77. The van der Waals surface area contributed by atoms with Crippen molar-refractivity contribution in [1.82, 2.24) is 10.3 Å². The summed E-state index contributed by atoms with van der Waals surface area (Å²) in [6.45, 7) is 6.26. The molecule has 2 aromatic rings. The van der Waals surface area contributed by atoms with E-state index in [2.05, 4.69) is 54.3 Å². The van der Waals surface area contributed by atoms with E-state index in [1.54, 1.807) is 11.3 Å². The second-order valence-electron chi connectivity index (χ2n) is 5.08. The Balaban J connectivity index is 1.93. The fraction of sp³-hybridized carbons (Fsp3) is 0.400. The van der Waals surface area contributed by atoms with E-state index >= 15 is 0 Å². The number of hydrogen-bond donors (Lipinski definition) is 1. The molecule has 1 N–H and O–H groups in total. The zero-order valence-electron chi connectivity index (χ0n) is 11.7. The van der Waals surface area contributed by atoms with Gasteiger partial charge in [0, 0.05) is 24.2 Å². The molecule has 0 spiro atoms. The van der Waals surface area contributed by atoms with Gasteiger partial charge in [-0.25, -0.2) is 4.98 Å². The molecule has 0 saturated heterocycles. The van der Waals surface area contributed by atoms with Gasteiger partial charge < -0.3 is 10.2 Å². The third-order valence-electron chi connectivity index (χ3n) is 3.77. The van der Waals surface area contributed by atoms with Gasteiger partial charge in [0.1, 0.15) is 0 Å². The number of rotatable bonds is 2. The van der Waals surface area contributed by atoms with Crippen molar-refractivity contribution in [2.24, 2.45) is 0 Å². The van der Waals surface area contributed by atoms with Crippen molar-refractivity contribution < 1.29 is 0 Å². The Morgan fingerprint density at radius 3 is 2.84 bits per heavy atom. The summed E-state index contributed by atoms with van der Waals surface area (Å²) in [5.74, 6) is 0. The molecule has 1 aromatic heterocycles. The Bertz CT molecular complexity index is 584. The third-order valence-corrected chi connectivity index (χ3v) is 4.92. The number of aryl methyl sites for hydroxylation is 2. The summed E-state index contributed by atoms with van der Waals surface area (Å²) in [5, 5.41) is 4.50. The largest absolute Gasteiger partial charge is 0.321 e. The Hall–Kier alpha value is -1.39. The summed E-state index contributed by atoms with van der Waals surface area (Å²) in [6.07, 6.45) is 1.13. The van der Waals surface area contributed by atoms with Gasteiger partial charge in [0.25, 0.3) is 0 Å². The van der Waals surface area contributed by atoms with E-state index in [-0.39, 0.29) is 0 Å². The zero-order valence-corrected chi connectivity index (χ0v) is 12.5. The molecule has 1 aliphatic rings. The molecule has 3 rings (SSSR count). The number of anilines is 2. The summed E-state index contributed by atoms with van der Waals surface area (Å²) < 4.78 is 0. The molecule has 0 saturated carbocycles. The first-order valence-corrected chi connectivity index (χ1v) is 7.47. The van der Waals surface area contributed by atoms with Crippen molar-refractivity contribution in [3.8, 4) is 0 Å². The molecule has 19 heavy (non-hydrogen) atoms. The lowest BCUT2D eigenvalue weighted by molar-refractivity contribution is 0.644. The van der Waals surface area contributed by atoms with Gasteiger partial charge in [-0.2, -0.15) is 0 Å². The minimum atomic E-state index is 0.979. The number of fused-ring (bicyclic) bond motifs is 1. The van der Waals surface area contributed by atoms with Gasteiger partial charge in [0.15, 0.2) is 5.13 Å². The Kier molecular flexibility index (Phi) is 3.29. The summed E-state index contributed by atoms with van der Waals surface area (Å²) in [7, 11) is 2.09. The molecule has 1 aromatic carbocycles. The number of aromatic nitrogens is 1. The van der Waals surface area contributed by atoms with Crippen LogP contribution in [-0.4, -0.2) is 18.6 Å². The minimum Gasteiger partial charge on any atom is -0.321 e. The first-order valence-electron chi connectivity index (χ1n) is 6.65. The first kappa shape index (κ1) is 12.6. The molecule has 0 bridgehead atoms. The van der Waals surface area contributed by atoms with Crippen molar-refractivity contribution in [3.05, 3.63) is 39.9 Å². The van der Waals surface area contributed by atoms with Gasteiger partial charge >= 0.3 is 0 Å². The molecule has 100 valence electrons. The summed E-state index contributed by atoms with van der Waals surface area (Å²) in [5.41, 5.74) is 5.24. The molecule has 0 fully saturated rings. The van der Waals surface area contributed by atoms with Crippen LogP contribution in [0, 0.1) is 13.8 Å². The smallest absolute Gasteiger partial charge is 0.190 e. The second-order valence-corrected chi connectivity index (χ2v) is 6.26. The molecule has 0 aliphatic carbocycles. The highest BCUT2D eigenvalue weighted by atomic mass is 32.1. The number of nitrogens with one attached hydrogen (secondary N) is 1. The molecule has 0 amide bonds. The molecule has 3 nitrogen and oxygen atoms in total. The molecule has 0 atom stereocenters. The van der Waals surface area contributed by atoms with Crippen LogP contribution in [0.3, 0.4) is 0 Å². The number of thiazole rings is 1. The Labute approximate surface area is 118 Å². The third kappa shape index (κ3) is 2.38. The normalized spacial score (nSPS) is 14.3. The van der Waals surface area contributed by atoms with Crippen LogP contribution in [0.5, 0.6) is 0 Å². The molecule has 0 radical (unpaired) electrons. The zero-order chi connectivity index (χ0) is 13.4. The molecular weight excluding hydrogens is 254 g/mol. The van der Waals surface area contributed by atoms with E-state index in [0.717, 1.165) is 30.3 Å². The van der Waals surface area contributed by atoms with Crippen LogP contribution < -0.4 is 10.2 Å². The summed E-state index contributed by atoms with van der Waals surface area (Å²) in [6, 6.07) is 6.75. The maximum Gasteiger partial charge on any atom is 0.190 e. The minimum absolute atomic E-state index is 0.979. The van der Waals surface area contributed by atoms with Crippen LogP contribution in [0.4, 0.5) is 10.8 Å². The Morgan fingerprint density at radius 1 is 1.26 bits per heavy atom. The van der Waals surface area contributed by atoms with E-state index in [0.29, 0.717) is 0 Å². The lowest BCUT2D eigenvalue weighted by atomic mass is 10.0. The molecule has 2 heterocycles. The van der Waals surface area contributed by atoms with Crippen molar-refractivity contribution >= 4 is 22.2 Å². The predicted molar refractivity (Wildman–Crippen MR) is 81.5 cm³/mol. The fourth-order valence-corrected chi connectivity index (χ4v) is 3.28. The molecular formula is C15H19N3S. The van der Waals surface area contributed by atoms with Crippen molar-refractivity contribution in [3.63, 3.8) is 0 Å². The predicted octanol–water partition coefficient (Wildman–Crippen LogP) is 3.17. The summed E-state index contributed by atoms with van der Waals surface area (Å²) >= 11 is 1.75.